The van der Waals surface area contributed by atoms with Gasteiger partial charge < -0.3 is 16.8 Å². The van der Waals surface area contributed by atoms with Crippen LogP contribution in [0.25, 0.3) is 0 Å². The van der Waals surface area contributed by atoms with Crippen molar-refractivity contribution < 1.29 is 18.4 Å². The molecule has 166 valence electrons. The third-order valence-electron chi connectivity index (χ3n) is 5.59. The van der Waals surface area contributed by atoms with E-state index in [1.54, 1.807) is 0 Å². The van der Waals surface area contributed by atoms with Crippen molar-refractivity contribution in [2.75, 3.05) is 25.4 Å². The Hall–Kier alpha value is -2.55. The van der Waals surface area contributed by atoms with Crippen LogP contribution in [0.2, 0.25) is 5.02 Å². The highest BCUT2D eigenvalue weighted by Crippen LogP contribution is 2.22. The molecule has 0 spiro atoms. The number of nitrogen functional groups attached to an aromatic ring is 1. The third-order valence-corrected chi connectivity index (χ3v) is 5.84. The first kappa shape index (κ1) is 23.1. The van der Waals surface area contributed by atoms with Crippen LogP contribution in [-0.2, 0) is 11.3 Å². The van der Waals surface area contributed by atoms with E-state index in [4.69, 9.17) is 23.1 Å². The summed E-state index contributed by atoms with van der Waals surface area (Å²) in [4.78, 5) is 26.9. The van der Waals surface area contributed by atoms with Crippen LogP contribution in [0, 0.1) is 17.6 Å². The number of nitrogens with zero attached hydrogens (tertiary/aromatic N) is 1. The Bertz CT molecular complexity index is 947. The molecule has 0 aliphatic carbocycles. The molecule has 1 amide bonds. The fraction of sp³-hybridized carbons (Fsp3) is 0.364. The summed E-state index contributed by atoms with van der Waals surface area (Å²) in [5, 5.41) is 3.09. The molecule has 3 rings (SSSR count). The van der Waals surface area contributed by atoms with E-state index >= 15 is 0 Å². The third kappa shape index (κ3) is 6.00. The number of benzene rings is 2. The van der Waals surface area contributed by atoms with Gasteiger partial charge in [-0.15, -0.1) is 0 Å². The average Bonchev–Trinajstić information content (AvgIpc) is 2.76. The highest BCUT2D eigenvalue weighted by molar-refractivity contribution is 6.30. The highest BCUT2D eigenvalue weighted by atomic mass is 35.5. The predicted octanol–water partition coefficient (Wildman–Crippen LogP) is 2.74. The molecule has 5 N–H and O–H groups in total. The molecule has 2 aromatic rings. The number of hydrogen-bond donors (Lipinski definition) is 3. The van der Waals surface area contributed by atoms with Crippen molar-refractivity contribution in [1.82, 2.24) is 10.2 Å². The van der Waals surface area contributed by atoms with Gasteiger partial charge in [-0.05, 0) is 55.6 Å². The fourth-order valence-electron chi connectivity index (χ4n) is 3.72. The molecule has 1 unspecified atom stereocenters. The SMILES string of the molecule is Nc1cc(F)c(F)cc1C(=O)NCC(=O)C(N)C1CCN(Cc2ccc(Cl)cc2)CC1. The number of nitrogens with one attached hydrogen (secondary N) is 1. The molecule has 1 saturated heterocycles. The standard InChI is InChI=1S/C22H25ClF2N4O2/c23-15-3-1-13(2-4-15)12-29-7-5-14(6-8-29)21(27)20(30)11-28-22(31)16-9-17(24)18(25)10-19(16)26/h1-4,9-10,14,21H,5-8,11-12,26-27H2,(H,28,31). The van der Waals surface area contributed by atoms with Crippen LogP contribution in [0.15, 0.2) is 36.4 Å². The van der Waals surface area contributed by atoms with Gasteiger partial charge in [0.25, 0.3) is 5.91 Å². The lowest BCUT2D eigenvalue weighted by Crippen LogP contribution is -2.47. The lowest BCUT2D eigenvalue weighted by atomic mass is 9.87. The monoisotopic (exact) mass is 450 g/mol. The minimum absolute atomic E-state index is 0.0132. The second kappa shape index (κ2) is 10.2. The molecule has 1 aliphatic heterocycles. The van der Waals surface area contributed by atoms with Gasteiger partial charge in [-0.25, -0.2) is 8.78 Å². The lowest BCUT2D eigenvalue weighted by Gasteiger charge is -2.34. The number of amides is 1. The predicted molar refractivity (Wildman–Crippen MR) is 116 cm³/mol. The Morgan fingerprint density at radius 3 is 2.39 bits per heavy atom. The smallest absolute Gasteiger partial charge is 0.253 e. The zero-order valence-corrected chi connectivity index (χ0v) is 17.7. The molecule has 6 nitrogen and oxygen atoms in total. The van der Waals surface area contributed by atoms with Crippen LogP contribution in [0.1, 0.15) is 28.8 Å². The second-order valence-corrected chi connectivity index (χ2v) is 8.20. The van der Waals surface area contributed by atoms with Crippen LogP contribution in [0.3, 0.4) is 0 Å². The lowest BCUT2D eigenvalue weighted by molar-refractivity contribution is -0.120. The van der Waals surface area contributed by atoms with Crippen molar-refractivity contribution in [3.63, 3.8) is 0 Å². The van der Waals surface area contributed by atoms with Crippen LogP contribution >= 0.6 is 11.6 Å². The number of likely N-dealkylation sites (tertiary alicyclic amines) is 1. The Labute approximate surface area is 184 Å². The summed E-state index contributed by atoms with van der Waals surface area (Å²) < 4.78 is 26.5. The number of nitrogens with two attached hydrogens (primary N) is 2. The number of Topliss-reactive ketones (excluding diaryl/α,β-unsaturated/α-hetero) is 1. The van der Waals surface area contributed by atoms with Gasteiger partial charge in [0.1, 0.15) is 0 Å². The summed E-state index contributed by atoms with van der Waals surface area (Å²) in [5.41, 5.74) is 12.4. The van der Waals surface area contributed by atoms with Gasteiger partial charge in [0.05, 0.1) is 18.2 Å². The van der Waals surface area contributed by atoms with Gasteiger partial charge in [-0.2, -0.15) is 0 Å². The van der Waals surface area contributed by atoms with Crippen molar-refractivity contribution in [2.24, 2.45) is 11.7 Å². The molecule has 31 heavy (non-hydrogen) atoms. The normalized spacial score (nSPS) is 16.1. The van der Waals surface area contributed by atoms with Crippen molar-refractivity contribution >= 4 is 29.0 Å². The number of carbonyl (C=O) groups is 2. The first-order valence-corrected chi connectivity index (χ1v) is 10.4. The summed E-state index contributed by atoms with van der Waals surface area (Å²) in [6.07, 6.45) is 1.54. The summed E-state index contributed by atoms with van der Waals surface area (Å²) in [5.74, 6) is -3.39. The van der Waals surface area contributed by atoms with E-state index in [0.717, 1.165) is 38.5 Å². The van der Waals surface area contributed by atoms with E-state index in [9.17, 15) is 18.4 Å². The molecule has 0 saturated carbocycles. The summed E-state index contributed by atoms with van der Waals surface area (Å²) >= 11 is 5.92. The second-order valence-electron chi connectivity index (χ2n) is 7.77. The van der Waals surface area contributed by atoms with E-state index in [-0.39, 0.29) is 29.5 Å². The van der Waals surface area contributed by atoms with Crippen LogP contribution in [-0.4, -0.2) is 42.3 Å². The molecule has 2 aromatic carbocycles. The number of carbonyl (C=O) groups excluding carboxylic acids is 2. The first-order valence-electron chi connectivity index (χ1n) is 10.0. The Morgan fingerprint density at radius 1 is 1.13 bits per heavy atom. The van der Waals surface area contributed by atoms with Crippen LogP contribution < -0.4 is 16.8 Å². The van der Waals surface area contributed by atoms with Gasteiger partial charge in [-0.3, -0.25) is 14.5 Å². The van der Waals surface area contributed by atoms with E-state index in [1.807, 2.05) is 24.3 Å². The molecule has 1 aliphatic rings. The molecule has 0 aromatic heterocycles. The summed E-state index contributed by atoms with van der Waals surface area (Å²) in [7, 11) is 0. The molecule has 1 heterocycles. The quantitative estimate of drug-likeness (QED) is 0.563. The molecule has 1 atom stereocenters. The van der Waals surface area contributed by atoms with E-state index < -0.39 is 23.6 Å². The van der Waals surface area contributed by atoms with Gasteiger partial charge in [0.15, 0.2) is 17.4 Å². The Balaban J connectivity index is 1.47. The van der Waals surface area contributed by atoms with E-state index in [2.05, 4.69) is 10.2 Å². The van der Waals surface area contributed by atoms with Crippen LogP contribution in [0.4, 0.5) is 14.5 Å². The first-order chi connectivity index (χ1) is 14.7. The largest absolute Gasteiger partial charge is 0.398 e. The number of rotatable bonds is 7. The number of piperidine rings is 1. The number of ketones is 1. The number of anilines is 1. The zero-order valence-electron chi connectivity index (χ0n) is 16.9. The zero-order chi connectivity index (χ0) is 22.5. The molecule has 9 heteroatoms. The van der Waals surface area contributed by atoms with Gasteiger partial charge in [0, 0.05) is 23.3 Å². The maximum atomic E-state index is 13.4. The Morgan fingerprint density at radius 2 is 1.74 bits per heavy atom. The molecule has 0 bridgehead atoms. The molecular weight excluding hydrogens is 426 g/mol. The number of hydrogen-bond acceptors (Lipinski definition) is 5. The van der Waals surface area contributed by atoms with Gasteiger partial charge in [0.2, 0.25) is 0 Å². The number of halogens is 3. The van der Waals surface area contributed by atoms with Crippen molar-refractivity contribution in [3.8, 4) is 0 Å². The van der Waals surface area contributed by atoms with Gasteiger partial charge in [-0.1, -0.05) is 23.7 Å². The minimum atomic E-state index is -1.19. The highest BCUT2D eigenvalue weighted by Gasteiger charge is 2.29. The molecule has 1 fully saturated rings. The van der Waals surface area contributed by atoms with E-state index in [1.165, 1.54) is 5.56 Å². The van der Waals surface area contributed by atoms with E-state index in [0.29, 0.717) is 11.1 Å². The van der Waals surface area contributed by atoms with Crippen molar-refractivity contribution in [2.45, 2.75) is 25.4 Å². The maximum absolute atomic E-state index is 13.4. The Kier molecular flexibility index (Phi) is 7.59. The summed E-state index contributed by atoms with van der Waals surface area (Å²) in [6, 6.07) is 8.44. The fourth-order valence-corrected chi connectivity index (χ4v) is 3.85. The maximum Gasteiger partial charge on any atom is 0.253 e. The topological polar surface area (TPSA) is 101 Å². The van der Waals surface area contributed by atoms with Gasteiger partial charge >= 0.3 is 0 Å². The molecule has 0 radical (unpaired) electrons. The average molecular weight is 451 g/mol. The minimum Gasteiger partial charge on any atom is -0.398 e. The van der Waals surface area contributed by atoms with Crippen molar-refractivity contribution in [3.05, 3.63) is 64.2 Å². The molecular formula is C22H25ClF2N4O2. The van der Waals surface area contributed by atoms with Crippen molar-refractivity contribution in [1.29, 1.82) is 0 Å². The van der Waals surface area contributed by atoms with Crippen LogP contribution in [0.5, 0.6) is 0 Å². The summed E-state index contributed by atoms with van der Waals surface area (Å²) in [6.45, 7) is 2.13.